The van der Waals surface area contributed by atoms with Gasteiger partial charge in [0.1, 0.15) is 16.5 Å². The second kappa shape index (κ2) is 11.8. The van der Waals surface area contributed by atoms with E-state index in [9.17, 15) is 19.2 Å². The molecule has 1 aromatic heterocycles. The molecule has 11 heteroatoms. The summed E-state index contributed by atoms with van der Waals surface area (Å²) in [5, 5.41) is 13.2. The smallest absolute Gasteiger partial charge is 0.273 e. The van der Waals surface area contributed by atoms with Crippen molar-refractivity contribution in [3.05, 3.63) is 83.4 Å². The number of ether oxygens (including phenoxy) is 1. The maximum atomic E-state index is 13.6. The molecule has 1 N–H and O–H groups in total. The van der Waals surface area contributed by atoms with E-state index in [-0.39, 0.29) is 19.8 Å². The van der Waals surface area contributed by atoms with Gasteiger partial charge in [0, 0.05) is 26.2 Å². The van der Waals surface area contributed by atoms with Crippen LogP contribution in [-0.4, -0.2) is 54.8 Å². The van der Waals surface area contributed by atoms with Crippen LogP contribution in [0, 0.1) is 17.1 Å². The van der Waals surface area contributed by atoms with E-state index in [0.717, 1.165) is 24.4 Å². The molecule has 1 aliphatic heterocycles. The van der Waals surface area contributed by atoms with Crippen molar-refractivity contribution in [3.63, 3.8) is 0 Å². The highest BCUT2D eigenvalue weighted by molar-refractivity contribution is 7.07. The first-order valence-electron chi connectivity index (χ1n) is 11.1. The molecule has 1 aliphatic rings. The Labute approximate surface area is 220 Å². The maximum Gasteiger partial charge on any atom is 0.273 e. The third-order valence-corrected chi connectivity index (χ3v) is 7.47. The number of nitriles is 1. The normalized spacial score (nSPS) is 15.4. The largest absolute Gasteiger partial charge is 0.379 e. The number of nitrogens with zero attached hydrogens (tertiary/aromatic N) is 3. The van der Waals surface area contributed by atoms with Gasteiger partial charge in [-0.05, 0) is 42.0 Å². The monoisotopic (exact) mass is 546 g/mol. The average molecular weight is 547 g/mol. The third kappa shape index (κ3) is 5.86. The van der Waals surface area contributed by atoms with Crippen molar-refractivity contribution in [1.29, 1.82) is 5.26 Å². The van der Waals surface area contributed by atoms with Crippen LogP contribution in [0.3, 0.4) is 0 Å². The minimum Gasteiger partial charge on any atom is -0.379 e. The molecule has 0 aliphatic carbocycles. The minimum atomic E-state index is -0.602. The second-order valence-corrected chi connectivity index (χ2v) is 9.69. The quantitative estimate of drug-likeness (QED) is 0.512. The van der Waals surface area contributed by atoms with E-state index in [1.54, 1.807) is 24.3 Å². The van der Waals surface area contributed by atoms with E-state index in [0.29, 0.717) is 42.6 Å². The fourth-order valence-electron chi connectivity index (χ4n) is 3.68. The molecule has 36 heavy (non-hydrogen) atoms. The molecule has 0 bridgehead atoms. The summed E-state index contributed by atoms with van der Waals surface area (Å²) in [5.74, 6) is -1.08. The van der Waals surface area contributed by atoms with E-state index >= 15 is 0 Å². The summed E-state index contributed by atoms with van der Waals surface area (Å²) < 4.78 is 20.5. The molecule has 3 aromatic rings. The summed E-state index contributed by atoms with van der Waals surface area (Å²) in [6.45, 7) is 3.75. The number of amides is 1. The zero-order chi connectivity index (χ0) is 25.7. The first kappa shape index (κ1) is 26.1. The van der Waals surface area contributed by atoms with Gasteiger partial charge in [0.15, 0.2) is 5.57 Å². The summed E-state index contributed by atoms with van der Waals surface area (Å²) in [6.07, 6.45) is 1.55. The number of carbonyl (C=O) groups is 1. The van der Waals surface area contributed by atoms with Crippen molar-refractivity contribution in [3.8, 4) is 11.8 Å². The van der Waals surface area contributed by atoms with Crippen LogP contribution >= 0.6 is 34.5 Å². The molecule has 1 amide bonds. The molecule has 0 atom stereocenters. The van der Waals surface area contributed by atoms with Crippen molar-refractivity contribution in [2.75, 3.05) is 39.4 Å². The number of benzene rings is 2. The lowest BCUT2D eigenvalue weighted by atomic mass is 10.2. The molecule has 4 rings (SSSR count). The summed E-state index contributed by atoms with van der Waals surface area (Å²) in [5.41, 5.74) is 0.124. The summed E-state index contributed by atoms with van der Waals surface area (Å²) in [4.78, 5) is 28.6. The van der Waals surface area contributed by atoms with Gasteiger partial charge in [0.05, 0.1) is 33.5 Å². The van der Waals surface area contributed by atoms with E-state index < -0.39 is 17.3 Å². The van der Waals surface area contributed by atoms with Crippen LogP contribution in [0.1, 0.15) is 5.56 Å². The first-order chi connectivity index (χ1) is 17.4. The predicted molar refractivity (Wildman–Crippen MR) is 138 cm³/mol. The van der Waals surface area contributed by atoms with Crippen molar-refractivity contribution >= 4 is 52.1 Å². The van der Waals surface area contributed by atoms with Gasteiger partial charge >= 0.3 is 0 Å². The van der Waals surface area contributed by atoms with E-state index in [1.165, 1.54) is 28.8 Å². The molecule has 2 heterocycles. The lowest BCUT2D eigenvalue weighted by Gasteiger charge is -2.26. The summed E-state index contributed by atoms with van der Waals surface area (Å²) in [6, 6.07) is 12.2. The Bertz CT molecular complexity index is 1490. The topological polar surface area (TPSA) is 87.4 Å². The molecule has 0 spiro atoms. The highest BCUT2D eigenvalue weighted by Crippen LogP contribution is 2.25. The minimum absolute atomic E-state index is 0.127. The molecular weight excluding hydrogens is 526 g/mol. The molecule has 2 aromatic carbocycles. The lowest BCUT2D eigenvalue weighted by molar-refractivity contribution is -0.115. The number of hydrogen-bond donors (Lipinski definition) is 1. The number of aromatic nitrogens is 1. The third-order valence-electron chi connectivity index (χ3n) is 5.55. The van der Waals surface area contributed by atoms with Gasteiger partial charge < -0.3 is 10.1 Å². The van der Waals surface area contributed by atoms with Crippen LogP contribution in [0.5, 0.6) is 0 Å². The van der Waals surface area contributed by atoms with Crippen LogP contribution in [-0.2, 0) is 9.53 Å². The SMILES string of the molecule is N#CC(C(=O)NCCN1CCOCC1)=c1sc(=Cc2cccc(Cl)c2Cl)c(=O)n1-c1ccc(F)cc1. The van der Waals surface area contributed by atoms with Crippen LogP contribution in [0.4, 0.5) is 4.39 Å². The highest BCUT2D eigenvalue weighted by atomic mass is 35.5. The number of thiazole rings is 1. The molecule has 0 unspecified atom stereocenters. The van der Waals surface area contributed by atoms with Crippen molar-refractivity contribution in [2.24, 2.45) is 0 Å². The Morgan fingerprint density at radius 2 is 1.92 bits per heavy atom. The summed E-state index contributed by atoms with van der Waals surface area (Å²) >= 11 is 13.4. The first-order valence-corrected chi connectivity index (χ1v) is 12.6. The predicted octanol–water partition coefficient (Wildman–Crippen LogP) is 2.30. The molecule has 1 saturated heterocycles. The van der Waals surface area contributed by atoms with Gasteiger partial charge in [0.2, 0.25) is 0 Å². The van der Waals surface area contributed by atoms with E-state index in [1.807, 2.05) is 6.07 Å². The van der Waals surface area contributed by atoms with Gasteiger partial charge in [0.25, 0.3) is 11.5 Å². The van der Waals surface area contributed by atoms with Gasteiger partial charge in [-0.3, -0.25) is 19.1 Å². The number of carbonyl (C=O) groups excluding carboxylic acids is 1. The second-order valence-electron chi connectivity index (χ2n) is 7.87. The van der Waals surface area contributed by atoms with Crippen molar-refractivity contribution in [2.45, 2.75) is 0 Å². The van der Waals surface area contributed by atoms with Crippen LogP contribution < -0.4 is 20.1 Å². The van der Waals surface area contributed by atoms with E-state index in [4.69, 9.17) is 27.9 Å². The zero-order valence-corrected chi connectivity index (χ0v) is 21.3. The number of morpholine rings is 1. The maximum absolute atomic E-state index is 13.6. The molecule has 7 nitrogen and oxygen atoms in total. The summed E-state index contributed by atoms with van der Waals surface area (Å²) in [7, 11) is 0. The van der Waals surface area contributed by atoms with Crippen LogP contribution in [0.25, 0.3) is 17.3 Å². The Kier molecular flexibility index (Phi) is 8.56. The highest BCUT2D eigenvalue weighted by Gasteiger charge is 2.18. The lowest BCUT2D eigenvalue weighted by Crippen LogP contribution is -2.42. The number of halogens is 3. The Hall–Kier alpha value is -3.00. The van der Waals surface area contributed by atoms with Crippen molar-refractivity contribution < 1.29 is 13.9 Å². The van der Waals surface area contributed by atoms with Crippen molar-refractivity contribution in [1.82, 2.24) is 14.8 Å². The molecule has 186 valence electrons. The zero-order valence-electron chi connectivity index (χ0n) is 19.0. The van der Waals surface area contributed by atoms with E-state index in [2.05, 4.69) is 10.2 Å². The van der Waals surface area contributed by atoms with Gasteiger partial charge in [-0.25, -0.2) is 4.39 Å². The fraction of sp³-hybridized carbons (Fsp3) is 0.240. The van der Waals surface area contributed by atoms with Gasteiger partial charge in [-0.2, -0.15) is 5.26 Å². The number of rotatable bonds is 6. The average Bonchev–Trinajstić information content (AvgIpc) is 3.19. The number of hydrogen-bond acceptors (Lipinski definition) is 6. The molecule has 0 saturated carbocycles. The van der Waals surface area contributed by atoms with Gasteiger partial charge in [-0.1, -0.05) is 35.3 Å². The standard InChI is InChI=1S/C25H21Cl2FN4O3S/c26-20-3-1-2-16(22(20)27)14-21-24(34)32(18-6-4-17(28)5-7-18)25(36-21)19(15-29)23(33)30-8-9-31-10-12-35-13-11-31/h1-7,14H,8-13H2,(H,30,33). The fourth-order valence-corrected chi connectivity index (χ4v) is 5.14. The molecule has 1 fully saturated rings. The molecular formula is C25H21Cl2FN4O3S. The Morgan fingerprint density at radius 3 is 2.61 bits per heavy atom. The number of nitrogens with one attached hydrogen (secondary N) is 1. The van der Waals surface area contributed by atoms with Crippen LogP contribution in [0.15, 0.2) is 47.3 Å². The molecule has 0 radical (unpaired) electrons. The Morgan fingerprint density at radius 1 is 1.19 bits per heavy atom. The van der Waals surface area contributed by atoms with Crippen LogP contribution in [0.2, 0.25) is 10.0 Å². The van der Waals surface area contributed by atoms with Gasteiger partial charge in [-0.15, -0.1) is 11.3 Å². The Balaban J connectivity index is 1.80.